The topological polar surface area (TPSA) is 44.5 Å². The highest BCUT2D eigenvalue weighted by Gasteiger charge is 2.26. The third kappa shape index (κ3) is 3.99. The fourth-order valence-corrected chi connectivity index (χ4v) is 3.23. The Morgan fingerprint density at radius 2 is 2.04 bits per heavy atom. The molecule has 1 aromatic heterocycles. The molecule has 2 aromatic rings. The smallest absolute Gasteiger partial charge is 0.122 e. The minimum Gasteiger partial charge on any atom is -0.387 e. The maximum atomic E-state index is 10.4. The summed E-state index contributed by atoms with van der Waals surface area (Å²) in [5.41, 5.74) is 0.996. The molecule has 1 aliphatic heterocycles. The van der Waals surface area contributed by atoms with Crippen LogP contribution in [0.4, 0.5) is 0 Å². The highest BCUT2D eigenvalue weighted by molar-refractivity contribution is 5.17. The van der Waals surface area contributed by atoms with Crippen molar-refractivity contribution < 1.29 is 5.11 Å². The van der Waals surface area contributed by atoms with Crippen molar-refractivity contribution in [3.05, 3.63) is 54.1 Å². The van der Waals surface area contributed by atoms with Gasteiger partial charge >= 0.3 is 0 Å². The molecule has 2 unspecified atom stereocenters. The summed E-state index contributed by atoms with van der Waals surface area (Å²) in [5, 5.41) is 10.4. The Morgan fingerprint density at radius 1 is 1.26 bits per heavy atom. The average molecular weight is 314 g/mol. The molecule has 5 nitrogen and oxygen atoms in total. The van der Waals surface area contributed by atoms with Crippen LogP contribution in [0.2, 0.25) is 0 Å². The zero-order valence-corrected chi connectivity index (χ0v) is 14.0. The van der Waals surface area contributed by atoms with E-state index in [-0.39, 0.29) is 0 Å². The fraction of sp³-hybridized carbons (Fsp3) is 0.500. The lowest BCUT2D eigenvalue weighted by atomic mass is 10.1. The predicted octanol–water partition coefficient (Wildman–Crippen LogP) is 1.66. The minimum absolute atomic E-state index is 0.413. The Morgan fingerprint density at radius 3 is 2.70 bits per heavy atom. The monoisotopic (exact) mass is 314 g/mol. The molecule has 0 radical (unpaired) electrons. The van der Waals surface area contributed by atoms with Gasteiger partial charge in [0, 0.05) is 51.7 Å². The molecular formula is C18H26N4O. The Hall–Kier alpha value is -1.69. The van der Waals surface area contributed by atoms with Gasteiger partial charge in [0.2, 0.25) is 0 Å². The molecule has 5 heteroatoms. The number of hydrogen-bond acceptors (Lipinski definition) is 4. The van der Waals surface area contributed by atoms with E-state index in [0.717, 1.165) is 37.6 Å². The molecule has 1 aromatic carbocycles. The van der Waals surface area contributed by atoms with E-state index in [0.29, 0.717) is 12.6 Å². The van der Waals surface area contributed by atoms with Crippen LogP contribution in [0.1, 0.15) is 24.4 Å². The molecule has 0 saturated carbocycles. The van der Waals surface area contributed by atoms with Gasteiger partial charge in [0.15, 0.2) is 0 Å². The number of aliphatic hydroxyl groups excluding tert-OH is 1. The van der Waals surface area contributed by atoms with E-state index < -0.39 is 6.10 Å². The average Bonchev–Trinajstić information content (AvgIpc) is 2.96. The standard InChI is InChI=1S/C18H26N4O/c1-15-12-21(13-17(23)16-6-4-3-5-7-16)10-11-22(15)14-18-19-8-9-20(18)2/h3-9,15,17,23H,10-14H2,1-2H3. The van der Waals surface area contributed by atoms with Crippen molar-refractivity contribution in [2.24, 2.45) is 7.05 Å². The number of aliphatic hydroxyl groups is 1. The summed E-state index contributed by atoms with van der Waals surface area (Å²) in [6, 6.07) is 10.4. The zero-order valence-electron chi connectivity index (χ0n) is 14.0. The molecule has 2 atom stereocenters. The van der Waals surface area contributed by atoms with Gasteiger partial charge in [-0.1, -0.05) is 30.3 Å². The summed E-state index contributed by atoms with van der Waals surface area (Å²) in [7, 11) is 2.04. The van der Waals surface area contributed by atoms with E-state index in [2.05, 4.69) is 26.3 Å². The van der Waals surface area contributed by atoms with Crippen molar-refractivity contribution in [1.82, 2.24) is 19.4 Å². The van der Waals surface area contributed by atoms with Crippen LogP contribution in [0, 0.1) is 0 Å². The van der Waals surface area contributed by atoms with Crippen LogP contribution < -0.4 is 0 Å². The maximum Gasteiger partial charge on any atom is 0.122 e. The molecule has 2 heterocycles. The lowest BCUT2D eigenvalue weighted by Gasteiger charge is -2.40. The molecule has 1 aliphatic rings. The minimum atomic E-state index is -0.413. The number of nitrogens with zero attached hydrogens (tertiary/aromatic N) is 4. The Balaban J connectivity index is 1.53. The van der Waals surface area contributed by atoms with Crippen molar-refractivity contribution in [2.45, 2.75) is 25.6 Å². The van der Waals surface area contributed by atoms with E-state index in [1.54, 1.807) is 0 Å². The lowest BCUT2D eigenvalue weighted by Crippen LogP contribution is -2.52. The van der Waals surface area contributed by atoms with Crippen LogP contribution in [-0.2, 0) is 13.6 Å². The highest BCUT2D eigenvalue weighted by atomic mass is 16.3. The van der Waals surface area contributed by atoms with E-state index in [1.165, 1.54) is 0 Å². The molecule has 3 rings (SSSR count). The van der Waals surface area contributed by atoms with Crippen LogP contribution >= 0.6 is 0 Å². The van der Waals surface area contributed by atoms with Crippen molar-refractivity contribution in [1.29, 1.82) is 0 Å². The summed E-state index contributed by atoms with van der Waals surface area (Å²) in [6.07, 6.45) is 3.43. The normalized spacial score (nSPS) is 21.4. The first kappa shape index (κ1) is 16.2. The van der Waals surface area contributed by atoms with E-state index in [9.17, 15) is 5.11 Å². The summed E-state index contributed by atoms with van der Waals surface area (Å²) in [5.74, 6) is 1.11. The summed E-state index contributed by atoms with van der Waals surface area (Å²) < 4.78 is 2.08. The van der Waals surface area contributed by atoms with Gasteiger partial charge in [-0.05, 0) is 12.5 Å². The molecule has 1 saturated heterocycles. The second-order valence-corrected chi connectivity index (χ2v) is 6.46. The molecule has 0 aliphatic carbocycles. The predicted molar refractivity (Wildman–Crippen MR) is 90.9 cm³/mol. The third-order valence-electron chi connectivity index (χ3n) is 4.73. The van der Waals surface area contributed by atoms with Gasteiger partial charge in [-0.15, -0.1) is 0 Å². The van der Waals surface area contributed by atoms with Gasteiger partial charge in [-0.2, -0.15) is 0 Å². The van der Waals surface area contributed by atoms with Crippen molar-refractivity contribution >= 4 is 0 Å². The van der Waals surface area contributed by atoms with Crippen LogP contribution in [0.15, 0.2) is 42.7 Å². The second-order valence-electron chi connectivity index (χ2n) is 6.46. The molecule has 1 fully saturated rings. The Kier molecular flexibility index (Phi) is 5.10. The van der Waals surface area contributed by atoms with Crippen LogP contribution in [0.25, 0.3) is 0 Å². The highest BCUT2D eigenvalue weighted by Crippen LogP contribution is 2.18. The zero-order chi connectivity index (χ0) is 16.2. The van der Waals surface area contributed by atoms with Gasteiger partial charge in [0.25, 0.3) is 0 Å². The number of hydrogen-bond donors (Lipinski definition) is 1. The molecular weight excluding hydrogens is 288 g/mol. The molecule has 0 amide bonds. The van der Waals surface area contributed by atoms with E-state index in [1.807, 2.05) is 49.8 Å². The van der Waals surface area contributed by atoms with Crippen LogP contribution in [0.5, 0.6) is 0 Å². The van der Waals surface area contributed by atoms with Gasteiger partial charge < -0.3 is 9.67 Å². The van der Waals surface area contributed by atoms with Crippen molar-refractivity contribution in [3.8, 4) is 0 Å². The van der Waals surface area contributed by atoms with Crippen LogP contribution in [-0.4, -0.2) is 56.7 Å². The van der Waals surface area contributed by atoms with Gasteiger partial charge in [-0.3, -0.25) is 9.80 Å². The number of rotatable bonds is 5. The largest absolute Gasteiger partial charge is 0.387 e. The quantitative estimate of drug-likeness (QED) is 0.912. The Labute approximate surface area is 138 Å². The summed E-state index contributed by atoms with van der Waals surface area (Å²) in [4.78, 5) is 9.24. The van der Waals surface area contributed by atoms with Gasteiger partial charge in [0.05, 0.1) is 12.6 Å². The first-order chi connectivity index (χ1) is 11.1. The van der Waals surface area contributed by atoms with E-state index in [4.69, 9.17) is 0 Å². The Bertz CT molecular complexity index is 612. The molecule has 0 spiro atoms. The number of piperazine rings is 1. The van der Waals surface area contributed by atoms with Crippen molar-refractivity contribution in [3.63, 3.8) is 0 Å². The first-order valence-electron chi connectivity index (χ1n) is 8.29. The second kappa shape index (κ2) is 7.25. The number of benzene rings is 1. The van der Waals surface area contributed by atoms with E-state index >= 15 is 0 Å². The maximum absolute atomic E-state index is 10.4. The fourth-order valence-electron chi connectivity index (χ4n) is 3.23. The number of aromatic nitrogens is 2. The lowest BCUT2D eigenvalue weighted by molar-refractivity contribution is 0.0402. The number of imidazole rings is 1. The van der Waals surface area contributed by atoms with Gasteiger partial charge in [-0.25, -0.2) is 4.98 Å². The third-order valence-corrected chi connectivity index (χ3v) is 4.73. The first-order valence-corrected chi connectivity index (χ1v) is 8.29. The van der Waals surface area contributed by atoms with Gasteiger partial charge in [0.1, 0.15) is 5.82 Å². The summed E-state index contributed by atoms with van der Waals surface area (Å²) in [6.45, 7) is 6.82. The SMILES string of the molecule is CC1CN(CC(O)c2ccccc2)CCN1Cc1nccn1C. The molecule has 1 N–H and O–H groups in total. The molecule has 0 bridgehead atoms. The number of β-amino-alcohol motifs (C(OH)–C–C–N with tert-alkyl or cyclic N) is 1. The van der Waals surface area contributed by atoms with Crippen molar-refractivity contribution in [2.75, 3.05) is 26.2 Å². The van der Waals surface area contributed by atoms with Crippen LogP contribution in [0.3, 0.4) is 0 Å². The molecule has 23 heavy (non-hydrogen) atoms. The number of aryl methyl sites for hydroxylation is 1. The molecule has 124 valence electrons. The summed E-state index contributed by atoms with van der Waals surface area (Å²) >= 11 is 0.